The van der Waals surface area contributed by atoms with Crippen molar-refractivity contribution in [3.05, 3.63) is 34.3 Å². The lowest BCUT2D eigenvalue weighted by atomic mass is 10.2. The first-order chi connectivity index (χ1) is 10.2. The third kappa shape index (κ3) is 3.72. The second kappa shape index (κ2) is 7.08. The summed E-state index contributed by atoms with van der Waals surface area (Å²) in [5.41, 5.74) is 4.81. The van der Waals surface area contributed by atoms with E-state index in [1.165, 1.54) is 4.88 Å². The second-order valence-corrected chi connectivity index (χ2v) is 5.55. The average molecular weight is 305 g/mol. The molecule has 6 heteroatoms. The standard InChI is InChI=1S/C15H19N3O2S/c1-5-20-13-8-6-7-12(14(13)19-4)9-16-18-15-17-10(2)11(3)21-15/h6-9H,5H2,1-4H3,(H,17,18)/b16-9-. The molecule has 1 aromatic heterocycles. The highest BCUT2D eigenvalue weighted by Crippen LogP contribution is 2.30. The molecule has 5 nitrogen and oxygen atoms in total. The Balaban J connectivity index is 2.14. The molecule has 2 rings (SSSR count). The van der Waals surface area contributed by atoms with E-state index in [9.17, 15) is 0 Å². The second-order valence-electron chi connectivity index (χ2n) is 4.34. The van der Waals surface area contributed by atoms with Gasteiger partial charge in [-0.05, 0) is 32.9 Å². The van der Waals surface area contributed by atoms with Crippen LogP contribution in [0.1, 0.15) is 23.1 Å². The minimum Gasteiger partial charge on any atom is -0.492 e. The van der Waals surface area contributed by atoms with Crippen molar-refractivity contribution in [2.24, 2.45) is 5.10 Å². The summed E-state index contributed by atoms with van der Waals surface area (Å²) in [5.74, 6) is 1.39. The number of aryl methyl sites for hydroxylation is 2. The predicted octanol–water partition coefficient (Wildman–Crippen LogP) is 3.61. The number of benzene rings is 1. The lowest BCUT2D eigenvalue weighted by Gasteiger charge is -2.10. The SMILES string of the molecule is CCOc1cccc(/C=N\Nc2nc(C)c(C)s2)c1OC. The molecule has 0 aliphatic carbocycles. The molecule has 1 N–H and O–H groups in total. The molecule has 1 heterocycles. The van der Waals surface area contributed by atoms with E-state index < -0.39 is 0 Å². The van der Waals surface area contributed by atoms with Crippen LogP contribution in [0.25, 0.3) is 0 Å². The van der Waals surface area contributed by atoms with Gasteiger partial charge in [-0.3, -0.25) is 5.43 Å². The third-order valence-electron chi connectivity index (χ3n) is 2.91. The molecule has 0 atom stereocenters. The van der Waals surface area contributed by atoms with E-state index in [1.807, 2.05) is 39.0 Å². The number of methoxy groups -OCH3 is 1. The third-order valence-corrected chi connectivity index (χ3v) is 3.88. The van der Waals surface area contributed by atoms with E-state index in [0.717, 1.165) is 16.4 Å². The maximum absolute atomic E-state index is 5.53. The largest absolute Gasteiger partial charge is 0.492 e. The molecule has 0 fully saturated rings. The van der Waals surface area contributed by atoms with Crippen LogP contribution in [0.2, 0.25) is 0 Å². The lowest BCUT2D eigenvalue weighted by molar-refractivity contribution is 0.311. The zero-order chi connectivity index (χ0) is 15.2. The minimum atomic E-state index is 0.590. The van der Waals surface area contributed by atoms with E-state index in [2.05, 4.69) is 15.5 Å². The van der Waals surface area contributed by atoms with Gasteiger partial charge in [0.05, 0.1) is 25.6 Å². The van der Waals surface area contributed by atoms with Gasteiger partial charge in [0.2, 0.25) is 5.13 Å². The summed E-state index contributed by atoms with van der Waals surface area (Å²) in [6.45, 7) is 6.55. The van der Waals surface area contributed by atoms with Gasteiger partial charge in [0.15, 0.2) is 11.5 Å². The molecule has 2 aromatic rings. The van der Waals surface area contributed by atoms with E-state index in [-0.39, 0.29) is 0 Å². The summed E-state index contributed by atoms with van der Waals surface area (Å²) in [6, 6.07) is 5.71. The number of nitrogens with zero attached hydrogens (tertiary/aromatic N) is 2. The topological polar surface area (TPSA) is 55.7 Å². The van der Waals surface area contributed by atoms with Crippen LogP contribution < -0.4 is 14.9 Å². The van der Waals surface area contributed by atoms with Crippen molar-refractivity contribution in [2.75, 3.05) is 19.1 Å². The minimum absolute atomic E-state index is 0.590. The number of nitrogens with one attached hydrogen (secondary N) is 1. The Morgan fingerprint density at radius 2 is 2.19 bits per heavy atom. The molecule has 112 valence electrons. The van der Waals surface area contributed by atoms with Gasteiger partial charge in [0.25, 0.3) is 0 Å². The van der Waals surface area contributed by atoms with Crippen LogP contribution in [0.4, 0.5) is 5.13 Å². The Bertz CT molecular complexity index is 618. The van der Waals surface area contributed by atoms with Gasteiger partial charge < -0.3 is 9.47 Å². The summed E-state index contributed by atoms with van der Waals surface area (Å²) in [6.07, 6.45) is 1.70. The normalized spacial score (nSPS) is 10.9. The molecule has 0 aliphatic heterocycles. The zero-order valence-electron chi connectivity index (χ0n) is 12.6. The van der Waals surface area contributed by atoms with E-state index in [0.29, 0.717) is 18.1 Å². The van der Waals surface area contributed by atoms with Gasteiger partial charge in [-0.25, -0.2) is 4.98 Å². The molecule has 0 amide bonds. The Morgan fingerprint density at radius 1 is 1.38 bits per heavy atom. The Hall–Kier alpha value is -2.08. The van der Waals surface area contributed by atoms with Gasteiger partial charge in [0.1, 0.15) is 0 Å². The van der Waals surface area contributed by atoms with Crippen LogP contribution in [0, 0.1) is 13.8 Å². The molecule has 0 saturated heterocycles. The molecule has 0 saturated carbocycles. The fourth-order valence-corrected chi connectivity index (χ4v) is 2.56. The highest BCUT2D eigenvalue weighted by atomic mass is 32.1. The Kier molecular flexibility index (Phi) is 5.16. The zero-order valence-corrected chi connectivity index (χ0v) is 13.5. The monoisotopic (exact) mass is 305 g/mol. The molecule has 0 unspecified atom stereocenters. The fraction of sp³-hybridized carbons (Fsp3) is 0.333. The van der Waals surface area contributed by atoms with Gasteiger partial charge in [-0.2, -0.15) is 5.10 Å². The number of para-hydroxylation sites is 1. The van der Waals surface area contributed by atoms with Crippen LogP contribution in [0.3, 0.4) is 0 Å². The van der Waals surface area contributed by atoms with Crippen LogP contribution in [-0.2, 0) is 0 Å². The molecule has 1 aromatic carbocycles. The number of thiazole rings is 1. The van der Waals surface area contributed by atoms with Gasteiger partial charge in [0, 0.05) is 10.4 Å². The van der Waals surface area contributed by atoms with Crippen molar-refractivity contribution >= 4 is 22.7 Å². The summed E-state index contributed by atoms with van der Waals surface area (Å²) in [5, 5.41) is 4.99. The first-order valence-electron chi connectivity index (χ1n) is 6.68. The molecular weight excluding hydrogens is 286 g/mol. The lowest BCUT2D eigenvalue weighted by Crippen LogP contribution is -1.99. The smallest absolute Gasteiger partial charge is 0.203 e. The molecule has 0 bridgehead atoms. The maximum atomic E-state index is 5.53. The van der Waals surface area contributed by atoms with Gasteiger partial charge >= 0.3 is 0 Å². The number of hydrogen-bond acceptors (Lipinski definition) is 6. The number of rotatable bonds is 6. The number of aromatic nitrogens is 1. The predicted molar refractivity (Wildman–Crippen MR) is 87.0 cm³/mol. The fourth-order valence-electron chi connectivity index (χ4n) is 1.80. The summed E-state index contributed by atoms with van der Waals surface area (Å²) < 4.78 is 10.9. The van der Waals surface area contributed by atoms with Crippen molar-refractivity contribution in [2.45, 2.75) is 20.8 Å². The van der Waals surface area contributed by atoms with Crippen LogP contribution >= 0.6 is 11.3 Å². The molecular formula is C15H19N3O2S. The molecule has 0 aliphatic rings. The number of hydrogen-bond donors (Lipinski definition) is 1. The molecule has 0 radical (unpaired) electrons. The first-order valence-corrected chi connectivity index (χ1v) is 7.50. The van der Waals surface area contributed by atoms with Gasteiger partial charge in [-0.1, -0.05) is 6.07 Å². The Morgan fingerprint density at radius 3 is 2.81 bits per heavy atom. The number of ether oxygens (including phenoxy) is 2. The first kappa shape index (κ1) is 15.3. The van der Waals surface area contributed by atoms with Crippen LogP contribution in [0.15, 0.2) is 23.3 Å². The highest BCUT2D eigenvalue weighted by molar-refractivity contribution is 7.15. The van der Waals surface area contributed by atoms with E-state index >= 15 is 0 Å². The van der Waals surface area contributed by atoms with Gasteiger partial charge in [-0.15, -0.1) is 11.3 Å². The van der Waals surface area contributed by atoms with Crippen molar-refractivity contribution in [3.8, 4) is 11.5 Å². The van der Waals surface area contributed by atoms with E-state index in [1.54, 1.807) is 24.7 Å². The Labute approximate surface area is 128 Å². The number of anilines is 1. The molecule has 21 heavy (non-hydrogen) atoms. The number of hydrazone groups is 1. The highest BCUT2D eigenvalue weighted by Gasteiger charge is 2.08. The van der Waals surface area contributed by atoms with Crippen LogP contribution in [0.5, 0.6) is 11.5 Å². The van der Waals surface area contributed by atoms with Crippen molar-refractivity contribution in [3.63, 3.8) is 0 Å². The van der Waals surface area contributed by atoms with Crippen molar-refractivity contribution in [1.82, 2.24) is 4.98 Å². The van der Waals surface area contributed by atoms with Crippen LogP contribution in [-0.4, -0.2) is 24.9 Å². The quantitative estimate of drug-likeness (QED) is 0.654. The van der Waals surface area contributed by atoms with Crippen molar-refractivity contribution < 1.29 is 9.47 Å². The van der Waals surface area contributed by atoms with E-state index in [4.69, 9.17) is 9.47 Å². The molecule has 0 spiro atoms. The van der Waals surface area contributed by atoms with Crippen molar-refractivity contribution in [1.29, 1.82) is 0 Å². The maximum Gasteiger partial charge on any atom is 0.203 e. The summed E-state index contributed by atoms with van der Waals surface area (Å²) in [4.78, 5) is 5.55. The average Bonchev–Trinajstić information content (AvgIpc) is 2.78. The summed E-state index contributed by atoms with van der Waals surface area (Å²) in [7, 11) is 1.62. The summed E-state index contributed by atoms with van der Waals surface area (Å²) >= 11 is 1.58.